The third-order valence-electron chi connectivity index (χ3n) is 8.18. The highest BCUT2D eigenvalue weighted by Gasteiger charge is 2.22. The molecule has 0 aliphatic carbocycles. The molecule has 4 aromatic rings. The van der Waals surface area contributed by atoms with Crippen LogP contribution in [-0.2, 0) is 22.6 Å². The zero-order valence-electron chi connectivity index (χ0n) is 26.4. The highest BCUT2D eigenvalue weighted by Crippen LogP contribution is 2.37. The first-order valence-electron chi connectivity index (χ1n) is 15.9. The lowest BCUT2D eigenvalue weighted by molar-refractivity contribution is -0.130. The van der Waals surface area contributed by atoms with Gasteiger partial charge in [-0.05, 0) is 78.4 Å². The molecule has 6 nitrogen and oxygen atoms in total. The van der Waals surface area contributed by atoms with Gasteiger partial charge in [0.2, 0.25) is 11.8 Å². The van der Waals surface area contributed by atoms with E-state index in [-0.39, 0.29) is 24.1 Å². The third-order valence-corrected chi connectivity index (χ3v) is 8.18. The van der Waals surface area contributed by atoms with Gasteiger partial charge >= 0.3 is 0 Å². The lowest BCUT2D eigenvalue weighted by atomic mass is 10.0. The summed E-state index contributed by atoms with van der Waals surface area (Å²) in [5, 5.41) is 4.06. The Labute approximate surface area is 261 Å². The Bertz CT molecular complexity index is 1500. The van der Waals surface area contributed by atoms with Crippen molar-refractivity contribution < 1.29 is 18.7 Å². The molecule has 0 atom stereocenters. The predicted octanol–water partition coefficient (Wildman–Crippen LogP) is 7.76. The first-order chi connectivity index (χ1) is 21.4. The number of carbonyl (C=O) groups excluding carboxylic acids is 2. The molecule has 4 rings (SSSR count). The predicted molar refractivity (Wildman–Crippen MR) is 176 cm³/mol. The maximum absolute atomic E-state index is 13.9. The number of aromatic nitrogens is 1. The van der Waals surface area contributed by atoms with E-state index in [1.807, 2.05) is 48.3 Å². The summed E-state index contributed by atoms with van der Waals surface area (Å²) in [6.45, 7) is 4.19. The van der Waals surface area contributed by atoms with Crippen molar-refractivity contribution in [2.45, 2.75) is 71.3 Å². The molecule has 3 aromatic carbocycles. The minimum atomic E-state index is -0.300. The second-order valence-electron chi connectivity index (χ2n) is 11.5. The van der Waals surface area contributed by atoms with Crippen molar-refractivity contribution in [1.82, 2.24) is 14.8 Å². The molecule has 0 unspecified atom stereocenters. The number of hydrogen-bond acceptors (Lipinski definition) is 3. The van der Waals surface area contributed by atoms with Gasteiger partial charge in [-0.15, -0.1) is 0 Å². The van der Waals surface area contributed by atoms with E-state index < -0.39 is 0 Å². The van der Waals surface area contributed by atoms with Crippen LogP contribution in [0, 0.1) is 5.82 Å². The van der Waals surface area contributed by atoms with Crippen molar-refractivity contribution in [2.75, 3.05) is 27.2 Å². The molecular formula is C37H46FN3O3. The molecule has 0 aliphatic rings. The molecule has 0 fully saturated rings. The first kappa shape index (κ1) is 32.8. The molecule has 2 amide bonds. The number of unbranched alkanes of at least 4 members (excludes halogenated alkanes) is 5. The summed E-state index contributed by atoms with van der Waals surface area (Å²) in [5.41, 5.74) is 4.78. The van der Waals surface area contributed by atoms with Gasteiger partial charge < -0.3 is 19.5 Å². The summed E-state index contributed by atoms with van der Waals surface area (Å²) in [5.74, 6) is 0.603. The molecule has 0 bridgehead atoms. The molecule has 0 aliphatic heterocycles. The van der Waals surface area contributed by atoms with E-state index in [1.165, 1.54) is 12.1 Å². The molecule has 1 N–H and O–H groups in total. The quantitative estimate of drug-likeness (QED) is 0.126. The first-order valence-corrected chi connectivity index (χ1v) is 15.9. The summed E-state index contributed by atoms with van der Waals surface area (Å²) in [7, 11) is 3.53. The standard InChI is InChI=1S/C37H46FN3O3/c1-4-5-24-40(2)36(43)16-12-7-6-8-13-23-39-35(42)26-33-32-25-31(44-3)21-22-34(32)41(27-28-14-10-9-11-15-28)37(33)29-17-19-30(38)20-18-29/h9-11,14-15,17-22,25H,4-8,12-13,16,23-24,26-27H2,1-3H3,(H,39,42). The maximum Gasteiger partial charge on any atom is 0.224 e. The van der Waals surface area contributed by atoms with Gasteiger partial charge in [0.1, 0.15) is 11.6 Å². The molecule has 0 saturated carbocycles. The molecule has 0 saturated heterocycles. The van der Waals surface area contributed by atoms with E-state index in [0.29, 0.717) is 19.5 Å². The Kier molecular flexibility index (Phi) is 12.4. The number of fused-ring (bicyclic) bond motifs is 1. The zero-order chi connectivity index (χ0) is 31.3. The lowest BCUT2D eigenvalue weighted by Crippen LogP contribution is -2.27. The fourth-order valence-electron chi connectivity index (χ4n) is 5.67. The molecule has 7 heteroatoms. The number of nitrogens with zero attached hydrogens (tertiary/aromatic N) is 2. The Morgan fingerprint density at radius 2 is 1.64 bits per heavy atom. The van der Waals surface area contributed by atoms with E-state index >= 15 is 0 Å². The number of halogens is 1. The summed E-state index contributed by atoms with van der Waals surface area (Å²) in [4.78, 5) is 27.4. The van der Waals surface area contributed by atoms with Crippen molar-refractivity contribution >= 4 is 22.7 Å². The average Bonchev–Trinajstić information content (AvgIpc) is 3.33. The zero-order valence-corrected chi connectivity index (χ0v) is 26.4. The molecule has 234 valence electrons. The number of methoxy groups -OCH3 is 1. The third kappa shape index (κ3) is 8.94. The molecule has 0 radical (unpaired) electrons. The minimum absolute atomic E-state index is 0.0457. The van der Waals surface area contributed by atoms with Crippen LogP contribution in [0.2, 0.25) is 0 Å². The number of hydrogen-bond donors (Lipinski definition) is 1. The summed E-state index contributed by atoms with van der Waals surface area (Å²) >= 11 is 0. The van der Waals surface area contributed by atoms with Gasteiger partial charge in [-0.2, -0.15) is 0 Å². The number of carbonyl (C=O) groups is 2. The van der Waals surface area contributed by atoms with Crippen LogP contribution in [0.1, 0.15) is 69.4 Å². The van der Waals surface area contributed by atoms with Crippen molar-refractivity contribution in [3.05, 3.63) is 89.7 Å². The number of nitrogens with one attached hydrogen (secondary N) is 1. The van der Waals surface area contributed by atoms with Crippen LogP contribution in [-0.4, -0.2) is 48.5 Å². The Balaban J connectivity index is 1.42. The SMILES string of the molecule is CCCCN(C)C(=O)CCCCCCCNC(=O)Cc1c(-c2ccc(F)cc2)n(Cc2ccccc2)c2ccc(OC)cc12. The fourth-order valence-corrected chi connectivity index (χ4v) is 5.67. The van der Waals surface area contributed by atoms with Crippen LogP contribution in [0.3, 0.4) is 0 Å². The molecule has 44 heavy (non-hydrogen) atoms. The fraction of sp³-hybridized carbons (Fsp3) is 0.405. The van der Waals surface area contributed by atoms with Crippen LogP contribution in [0.5, 0.6) is 5.75 Å². The molecular weight excluding hydrogens is 553 g/mol. The number of benzene rings is 3. The van der Waals surface area contributed by atoms with E-state index in [1.54, 1.807) is 19.2 Å². The number of ether oxygens (including phenoxy) is 1. The van der Waals surface area contributed by atoms with E-state index in [2.05, 4.69) is 28.9 Å². The maximum atomic E-state index is 13.9. The Hall–Kier alpha value is -4.13. The van der Waals surface area contributed by atoms with Crippen LogP contribution in [0.25, 0.3) is 22.2 Å². The molecule has 1 heterocycles. The number of rotatable bonds is 17. The van der Waals surface area contributed by atoms with Crippen molar-refractivity contribution in [2.24, 2.45) is 0 Å². The highest BCUT2D eigenvalue weighted by molar-refractivity contribution is 5.96. The summed E-state index contributed by atoms with van der Waals surface area (Å²) in [6.07, 6.45) is 7.82. The second kappa shape index (κ2) is 16.6. The van der Waals surface area contributed by atoms with Gasteiger partial charge in [-0.1, -0.05) is 62.9 Å². The van der Waals surface area contributed by atoms with Crippen molar-refractivity contribution in [3.8, 4) is 17.0 Å². The van der Waals surface area contributed by atoms with Gasteiger partial charge in [0, 0.05) is 44.0 Å². The molecule has 1 aromatic heterocycles. The number of amides is 2. The monoisotopic (exact) mass is 599 g/mol. The second-order valence-corrected chi connectivity index (χ2v) is 11.5. The summed E-state index contributed by atoms with van der Waals surface area (Å²) in [6, 6.07) is 22.6. The van der Waals surface area contributed by atoms with Gasteiger partial charge in [0.15, 0.2) is 0 Å². The van der Waals surface area contributed by atoms with E-state index in [0.717, 1.165) is 90.5 Å². The van der Waals surface area contributed by atoms with Crippen LogP contribution in [0.15, 0.2) is 72.8 Å². The molecule has 0 spiro atoms. The lowest BCUT2D eigenvalue weighted by Gasteiger charge is -2.16. The van der Waals surface area contributed by atoms with E-state index in [4.69, 9.17) is 4.74 Å². The van der Waals surface area contributed by atoms with E-state index in [9.17, 15) is 14.0 Å². The van der Waals surface area contributed by atoms with Crippen LogP contribution < -0.4 is 10.1 Å². The van der Waals surface area contributed by atoms with Crippen molar-refractivity contribution in [1.29, 1.82) is 0 Å². The average molecular weight is 600 g/mol. The minimum Gasteiger partial charge on any atom is -0.497 e. The largest absolute Gasteiger partial charge is 0.497 e. The van der Waals surface area contributed by atoms with Crippen molar-refractivity contribution in [3.63, 3.8) is 0 Å². The van der Waals surface area contributed by atoms with Gasteiger partial charge in [0.05, 0.1) is 19.2 Å². The smallest absolute Gasteiger partial charge is 0.224 e. The Morgan fingerprint density at radius 1 is 0.909 bits per heavy atom. The topological polar surface area (TPSA) is 63.6 Å². The Morgan fingerprint density at radius 3 is 2.36 bits per heavy atom. The summed E-state index contributed by atoms with van der Waals surface area (Å²) < 4.78 is 21.7. The highest BCUT2D eigenvalue weighted by atomic mass is 19.1. The van der Waals surface area contributed by atoms with Crippen LogP contribution in [0.4, 0.5) is 4.39 Å². The van der Waals surface area contributed by atoms with Crippen LogP contribution >= 0.6 is 0 Å². The van der Waals surface area contributed by atoms with Gasteiger partial charge in [-0.3, -0.25) is 9.59 Å². The van der Waals surface area contributed by atoms with Gasteiger partial charge in [0.25, 0.3) is 0 Å². The van der Waals surface area contributed by atoms with Gasteiger partial charge in [-0.25, -0.2) is 4.39 Å². The normalized spacial score (nSPS) is 11.1.